The number of carbonyl (C=O) groups excluding carboxylic acids is 1. The van der Waals surface area contributed by atoms with Gasteiger partial charge in [0.1, 0.15) is 17.3 Å². The monoisotopic (exact) mass is 385 g/mol. The Kier molecular flexibility index (Phi) is 6.02. The van der Waals surface area contributed by atoms with Crippen molar-refractivity contribution in [3.05, 3.63) is 58.4 Å². The number of amides is 1. The highest BCUT2D eigenvalue weighted by Gasteiger charge is 2.20. The van der Waals surface area contributed by atoms with Gasteiger partial charge in [-0.25, -0.2) is 12.8 Å². The van der Waals surface area contributed by atoms with E-state index in [4.69, 9.17) is 16.3 Å². The summed E-state index contributed by atoms with van der Waals surface area (Å²) in [6.45, 7) is 1.74. The lowest BCUT2D eigenvalue weighted by molar-refractivity contribution is -0.113. The van der Waals surface area contributed by atoms with E-state index in [0.29, 0.717) is 22.0 Å². The Morgan fingerprint density at radius 3 is 2.60 bits per heavy atom. The highest BCUT2D eigenvalue weighted by molar-refractivity contribution is 7.91. The molecule has 0 aromatic heterocycles. The van der Waals surface area contributed by atoms with Crippen LogP contribution in [0.5, 0.6) is 5.75 Å². The third kappa shape index (κ3) is 5.17. The summed E-state index contributed by atoms with van der Waals surface area (Å²) in [7, 11) is -2.42. The van der Waals surface area contributed by atoms with Gasteiger partial charge in [-0.3, -0.25) is 4.79 Å². The standard InChI is InChI=1S/C17H17ClFNO4S/c1-11-7-15(16(24-2)8-13(11)18)20-17(21)10-25(22,23)9-12-5-3-4-6-14(12)19/h3-8H,9-10H2,1-2H3,(H,20,21). The smallest absolute Gasteiger partial charge is 0.239 e. The maximum absolute atomic E-state index is 13.6. The van der Waals surface area contributed by atoms with Crippen LogP contribution in [0, 0.1) is 12.7 Å². The van der Waals surface area contributed by atoms with Crippen molar-refractivity contribution in [3.8, 4) is 5.75 Å². The number of carbonyl (C=O) groups is 1. The molecule has 2 aromatic carbocycles. The Morgan fingerprint density at radius 1 is 1.28 bits per heavy atom. The van der Waals surface area contributed by atoms with E-state index in [2.05, 4.69) is 5.32 Å². The second-order valence-electron chi connectivity index (χ2n) is 5.47. The van der Waals surface area contributed by atoms with Crippen molar-refractivity contribution < 1.29 is 22.3 Å². The van der Waals surface area contributed by atoms with Crippen molar-refractivity contribution in [2.45, 2.75) is 12.7 Å². The van der Waals surface area contributed by atoms with Gasteiger partial charge in [0.2, 0.25) is 5.91 Å². The van der Waals surface area contributed by atoms with E-state index in [0.717, 1.165) is 0 Å². The van der Waals surface area contributed by atoms with Gasteiger partial charge in [-0.2, -0.15) is 0 Å². The lowest BCUT2D eigenvalue weighted by atomic mass is 10.2. The number of hydrogen-bond donors (Lipinski definition) is 1. The van der Waals surface area contributed by atoms with Gasteiger partial charge < -0.3 is 10.1 Å². The Hall–Kier alpha value is -2.12. The number of aryl methyl sites for hydroxylation is 1. The average Bonchev–Trinajstić information content (AvgIpc) is 2.52. The Morgan fingerprint density at radius 2 is 1.96 bits per heavy atom. The van der Waals surface area contributed by atoms with E-state index >= 15 is 0 Å². The van der Waals surface area contributed by atoms with E-state index in [-0.39, 0.29) is 5.56 Å². The largest absolute Gasteiger partial charge is 0.495 e. The maximum Gasteiger partial charge on any atom is 0.239 e. The predicted octanol–water partition coefficient (Wildman–Crippen LogP) is 3.35. The maximum atomic E-state index is 13.6. The van der Waals surface area contributed by atoms with Crippen LogP contribution in [-0.2, 0) is 20.4 Å². The number of benzene rings is 2. The second kappa shape index (κ2) is 7.84. The summed E-state index contributed by atoms with van der Waals surface area (Å²) in [6.07, 6.45) is 0. The number of ether oxygens (including phenoxy) is 1. The van der Waals surface area contributed by atoms with Crippen LogP contribution >= 0.6 is 11.6 Å². The molecule has 0 fully saturated rings. The van der Waals surface area contributed by atoms with Gasteiger partial charge in [0.05, 0.1) is 18.6 Å². The molecule has 0 atom stereocenters. The fraction of sp³-hybridized carbons (Fsp3) is 0.235. The first-order valence-corrected chi connectivity index (χ1v) is 9.49. The normalized spacial score (nSPS) is 11.2. The molecule has 0 unspecified atom stereocenters. The van der Waals surface area contributed by atoms with Gasteiger partial charge in [-0.05, 0) is 24.6 Å². The Bertz CT molecular complexity index is 900. The minimum Gasteiger partial charge on any atom is -0.495 e. The Balaban J connectivity index is 2.12. The van der Waals surface area contributed by atoms with Crippen LogP contribution in [0.15, 0.2) is 36.4 Å². The fourth-order valence-corrected chi connectivity index (χ4v) is 3.65. The average molecular weight is 386 g/mol. The molecular weight excluding hydrogens is 369 g/mol. The molecule has 0 aliphatic heterocycles. The molecule has 2 rings (SSSR count). The van der Waals surface area contributed by atoms with Crippen LogP contribution in [0.4, 0.5) is 10.1 Å². The van der Waals surface area contributed by atoms with Gasteiger partial charge in [-0.1, -0.05) is 29.8 Å². The Labute approximate surface area is 150 Å². The first kappa shape index (κ1) is 19.2. The van der Waals surface area contributed by atoms with Crippen LogP contribution in [-0.4, -0.2) is 27.2 Å². The highest BCUT2D eigenvalue weighted by atomic mass is 35.5. The summed E-state index contributed by atoms with van der Waals surface area (Å²) < 4.78 is 43.0. The van der Waals surface area contributed by atoms with Crippen LogP contribution in [0.25, 0.3) is 0 Å². The molecule has 0 heterocycles. The third-order valence-corrected chi connectivity index (χ3v) is 5.30. The lowest BCUT2D eigenvalue weighted by Gasteiger charge is -2.12. The van der Waals surface area contributed by atoms with Crippen molar-refractivity contribution in [1.82, 2.24) is 0 Å². The van der Waals surface area contributed by atoms with Crippen LogP contribution in [0.3, 0.4) is 0 Å². The number of sulfone groups is 1. The number of nitrogens with one attached hydrogen (secondary N) is 1. The zero-order valence-electron chi connectivity index (χ0n) is 13.7. The van der Waals surface area contributed by atoms with E-state index in [9.17, 15) is 17.6 Å². The SMILES string of the molecule is COc1cc(Cl)c(C)cc1NC(=O)CS(=O)(=O)Cc1ccccc1F. The minimum absolute atomic E-state index is 0.0233. The number of methoxy groups -OCH3 is 1. The first-order valence-electron chi connectivity index (χ1n) is 7.29. The molecule has 0 spiro atoms. The minimum atomic E-state index is -3.83. The number of anilines is 1. The number of rotatable bonds is 6. The number of halogens is 2. The summed E-state index contributed by atoms with van der Waals surface area (Å²) in [5, 5.41) is 2.95. The quantitative estimate of drug-likeness (QED) is 0.827. The number of hydrogen-bond acceptors (Lipinski definition) is 4. The molecule has 0 aliphatic carbocycles. The molecule has 0 radical (unpaired) electrons. The van der Waals surface area contributed by atoms with Crippen molar-refractivity contribution in [1.29, 1.82) is 0 Å². The molecule has 134 valence electrons. The molecule has 0 saturated carbocycles. The van der Waals surface area contributed by atoms with Crippen molar-refractivity contribution >= 4 is 33.0 Å². The van der Waals surface area contributed by atoms with Crippen molar-refractivity contribution in [2.24, 2.45) is 0 Å². The molecule has 5 nitrogen and oxygen atoms in total. The van der Waals surface area contributed by atoms with Crippen molar-refractivity contribution in [2.75, 3.05) is 18.2 Å². The highest BCUT2D eigenvalue weighted by Crippen LogP contribution is 2.30. The summed E-state index contributed by atoms with van der Waals surface area (Å²) in [4.78, 5) is 12.1. The molecule has 8 heteroatoms. The zero-order chi connectivity index (χ0) is 18.6. The molecule has 0 aliphatic rings. The molecular formula is C17H17ClFNO4S. The third-order valence-electron chi connectivity index (χ3n) is 3.44. The molecule has 25 heavy (non-hydrogen) atoms. The van der Waals surface area contributed by atoms with E-state index < -0.39 is 33.1 Å². The van der Waals surface area contributed by atoms with Crippen LogP contribution < -0.4 is 10.1 Å². The van der Waals surface area contributed by atoms with Crippen LogP contribution in [0.2, 0.25) is 5.02 Å². The summed E-state index contributed by atoms with van der Waals surface area (Å²) in [5.41, 5.74) is 1.04. The van der Waals surface area contributed by atoms with E-state index in [1.54, 1.807) is 13.0 Å². The van der Waals surface area contributed by atoms with E-state index in [1.165, 1.54) is 37.4 Å². The molecule has 0 bridgehead atoms. The first-order chi connectivity index (χ1) is 11.7. The van der Waals surface area contributed by atoms with Gasteiger partial charge >= 0.3 is 0 Å². The molecule has 1 N–H and O–H groups in total. The topological polar surface area (TPSA) is 72.5 Å². The second-order valence-corrected chi connectivity index (χ2v) is 7.95. The summed E-state index contributed by atoms with van der Waals surface area (Å²) >= 11 is 5.99. The summed E-state index contributed by atoms with van der Waals surface area (Å²) in [5.74, 6) is -2.37. The molecule has 1 amide bonds. The fourth-order valence-electron chi connectivity index (χ4n) is 2.22. The van der Waals surface area contributed by atoms with Gasteiger partial charge in [-0.15, -0.1) is 0 Å². The lowest BCUT2D eigenvalue weighted by Crippen LogP contribution is -2.24. The van der Waals surface area contributed by atoms with Gasteiger partial charge in [0.25, 0.3) is 0 Å². The van der Waals surface area contributed by atoms with Crippen LogP contribution in [0.1, 0.15) is 11.1 Å². The van der Waals surface area contributed by atoms with Crippen molar-refractivity contribution in [3.63, 3.8) is 0 Å². The predicted molar refractivity (Wildman–Crippen MR) is 95.3 cm³/mol. The summed E-state index contributed by atoms with van der Waals surface area (Å²) in [6, 6.07) is 8.66. The molecule has 2 aromatic rings. The van der Waals surface area contributed by atoms with E-state index in [1.807, 2.05) is 0 Å². The van der Waals surface area contributed by atoms with Gasteiger partial charge in [0.15, 0.2) is 9.84 Å². The zero-order valence-corrected chi connectivity index (χ0v) is 15.2. The van der Waals surface area contributed by atoms with Gasteiger partial charge in [0, 0.05) is 16.7 Å². The molecule has 0 saturated heterocycles.